The lowest BCUT2D eigenvalue weighted by molar-refractivity contribution is 0.208. The smallest absolute Gasteiger partial charge is 0.321 e. The van der Waals surface area contributed by atoms with Crippen molar-refractivity contribution in [2.24, 2.45) is 0 Å². The Labute approximate surface area is 192 Å². The minimum atomic E-state index is -0.150. The van der Waals surface area contributed by atoms with Gasteiger partial charge in [0, 0.05) is 55.6 Å². The SMILES string of the molecule is COc1ccc(NC(=O)N2CCN(c3ccc(-c4noc(C(C)C)n4)cn3)CC2)cc1OC. The van der Waals surface area contributed by atoms with Crippen molar-refractivity contribution >= 4 is 17.5 Å². The number of benzene rings is 1. The molecule has 174 valence electrons. The molecule has 3 aromatic rings. The molecule has 2 aromatic heterocycles. The van der Waals surface area contributed by atoms with E-state index in [1.165, 1.54) is 0 Å². The first kappa shape index (κ1) is 22.4. The molecule has 0 radical (unpaired) electrons. The summed E-state index contributed by atoms with van der Waals surface area (Å²) in [6.45, 7) is 6.56. The van der Waals surface area contributed by atoms with Crippen molar-refractivity contribution in [1.82, 2.24) is 20.0 Å². The van der Waals surface area contributed by atoms with Gasteiger partial charge < -0.3 is 29.1 Å². The number of anilines is 2. The molecule has 1 N–H and O–H groups in total. The highest BCUT2D eigenvalue weighted by atomic mass is 16.5. The second kappa shape index (κ2) is 9.76. The summed E-state index contributed by atoms with van der Waals surface area (Å²) < 4.78 is 15.8. The first-order valence-electron chi connectivity index (χ1n) is 10.8. The van der Waals surface area contributed by atoms with E-state index in [9.17, 15) is 4.79 Å². The number of methoxy groups -OCH3 is 2. The van der Waals surface area contributed by atoms with Crippen LogP contribution in [0.5, 0.6) is 11.5 Å². The molecule has 2 amide bonds. The maximum atomic E-state index is 12.7. The third-order valence-corrected chi connectivity index (χ3v) is 5.47. The molecule has 1 aromatic carbocycles. The fourth-order valence-electron chi connectivity index (χ4n) is 3.55. The van der Waals surface area contributed by atoms with Crippen molar-refractivity contribution in [1.29, 1.82) is 0 Å². The van der Waals surface area contributed by atoms with Crippen LogP contribution in [0, 0.1) is 0 Å². The molecule has 3 heterocycles. The molecular weight excluding hydrogens is 424 g/mol. The third-order valence-electron chi connectivity index (χ3n) is 5.47. The van der Waals surface area contributed by atoms with E-state index < -0.39 is 0 Å². The summed E-state index contributed by atoms with van der Waals surface area (Å²) in [6.07, 6.45) is 1.75. The summed E-state index contributed by atoms with van der Waals surface area (Å²) in [5.41, 5.74) is 1.46. The number of rotatable bonds is 6. The number of aromatic nitrogens is 3. The van der Waals surface area contributed by atoms with Crippen LogP contribution in [0.2, 0.25) is 0 Å². The minimum Gasteiger partial charge on any atom is -0.493 e. The predicted octanol–water partition coefficient (Wildman–Crippen LogP) is 3.63. The van der Waals surface area contributed by atoms with Crippen LogP contribution in [0.3, 0.4) is 0 Å². The molecule has 1 fully saturated rings. The molecule has 1 aliphatic heterocycles. The number of nitrogens with one attached hydrogen (secondary N) is 1. The van der Waals surface area contributed by atoms with E-state index in [2.05, 4.69) is 25.3 Å². The third kappa shape index (κ3) is 5.00. The number of hydrogen-bond acceptors (Lipinski definition) is 8. The molecule has 1 aliphatic rings. The Morgan fingerprint density at radius 3 is 2.42 bits per heavy atom. The van der Waals surface area contributed by atoms with Gasteiger partial charge in [-0.3, -0.25) is 0 Å². The Kier molecular flexibility index (Phi) is 6.62. The first-order valence-corrected chi connectivity index (χ1v) is 10.8. The van der Waals surface area contributed by atoms with E-state index in [4.69, 9.17) is 14.0 Å². The molecule has 10 nitrogen and oxygen atoms in total. The van der Waals surface area contributed by atoms with E-state index in [1.54, 1.807) is 43.5 Å². The monoisotopic (exact) mass is 452 g/mol. The van der Waals surface area contributed by atoms with Gasteiger partial charge in [0.2, 0.25) is 11.7 Å². The Hall–Kier alpha value is -3.82. The van der Waals surface area contributed by atoms with Crippen molar-refractivity contribution in [3.05, 3.63) is 42.4 Å². The van der Waals surface area contributed by atoms with Crippen LogP contribution >= 0.6 is 0 Å². The summed E-state index contributed by atoms with van der Waals surface area (Å²) in [5.74, 6) is 3.36. The van der Waals surface area contributed by atoms with Gasteiger partial charge >= 0.3 is 6.03 Å². The highest BCUT2D eigenvalue weighted by molar-refractivity contribution is 5.90. The number of hydrogen-bond donors (Lipinski definition) is 1. The fraction of sp³-hybridized carbons (Fsp3) is 0.391. The van der Waals surface area contributed by atoms with Crippen LogP contribution < -0.4 is 19.7 Å². The van der Waals surface area contributed by atoms with Crippen molar-refractivity contribution in [3.8, 4) is 22.9 Å². The zero-order chi connectivity index (χ0) is 23.4. The van der Waals surface area contributed by atoms with Crippen molar-refractivity contribution in [2.75, 3.05) is 50.6 Å². The predicted molar refractivity (Wildman–Crippen MR) is 124 cm³/mol. The second-order valence-corrected chi connectivity index (χ2v) is 7.99. The Bertz CT molecular complexity index is 1090. The van der Waals surface area contributed by atoms with Crippen LogP contribution in [-0.4, -0.2) is 66.5 Å². The van der Waals surface area contributed by atoms with Crippen LogP contribution in [0.25, 0.3) is 11.4 Å². The zero-order valence-electron chi connectivity index (χ0n) is 19.2. The lowest BCUT2D eigenvalue weighted by Gasteiger charge is -2.35. The van der Waals surface area contributed by atoms with Crippen molar-refractivity contribution < 1.29 is 18.8 Å². The van der Waals surface area contributed by atoms with Crippen LogP contribution in [-0.2, 0) is 0 Å². The molecular formula is C23H28N6O4. The van der Waals surface area contributed by atoms with Gasteiger partial charge in [0.1, 0.15) is 5.82 Å². The first-order chi connectivity index (χ1) is 16.0. The van der Waals surface area contributed by atoms with Crippen molar-refractivity contribution in [3.63, 3.8) is 0 Å². The molecule has 4 rings (SSSR count). The molecule has 0 atom stereocenters. The van der Waals surface area contributed by atoms with Gasteiger partial charge in [0.15, 0.2) is 11.5 Å². The molecule has 0 spiro atoms. The quantitative estimate of drug-likeness (QED) is 0.604. The summed E-state index contributed by atoms with van der Waals surface area (Å²) in [6, 6.07) is 9.03. The fourth-order valence-corrected chi connectivity index (χ4v) is 3.55. The number of carbonyl (C=O) groups excluding carboxylic acids is 1. The van der Waals surface area contributed by atoms with E-state index in [1.807, 2.05) is 26.0 Å². The van der Waals surface area contributed by atoms with Gasteiger partial charge in [-0.1, -0.05) is 19.0 Å². The molecule has 0 saturated carbocycles. The average Bonchev–Trinajstić information content (AvgIpc) is 3.35. The van der Waals surface area contributed by atoms with Gasteiger partial charge in [-0.05, 0) is 24.3 Å². The maximum absolute atomic E-state index is 12.7. The standard InChI is InChI=1S/C23H28N6O4/c1-15(2)22-26-21(27-33-22)16-5-8-20(24-14-16)28-9-11-29(12-10-28)23(30)25-17-6-7-18(31-3)19(13-17)32-4/h5-8,13-15H,9-12H2,1-4H3,(H,25,30). The van der Waals surface area contributed by atoms with E-state index in [-0.39, 0.29) is 11.9 Å². The molecule has 33 heavy (non-hydrogen) atoms. The second-order valence-electron chi connectivity index (χ2n) is 7.99. The Morgan fingerprint density at radius 2 is 1.82 bits per heavy atom. The summed E-state index contributed by atoms with van der Waals surface area (Å²) in [4.78, 5) is 25.6. The van der Waals surface area contributed by atoms with Crippen molar-refractivity contribution in [2.45, 2.75) is 19.8 Å². The van der Waals surface area contributed by atoms with E-state index >= 15 is 0 Å². The number of piperazine rings is 1. The Balaban J connectivity index is 1.33. The Morgan fingerprint density at radius 1 is 1.06 bits per heavy atom. The van der Waals surface area contributed by atoms with Gasteiger partial charge in [0.05, 0.1) is 14.2 Å². The molecule has 0 unspecified atom stereocenters. The van der Waals surface area contributed by atoms with Crippen LogP contribution in [0.4, 0.5) is 16.3 Å². The van der Waals surface area contributed by atoms with Crippen LogP contribution in [0.15, 0.2) is 41.1 Å². The van der Waals surface area contributed by atoms with Crippen LogP contribution in [0.1, 0.15) is 25.7 Å². The summed E-state index contributed by atoms with van der Waals surface area (Å²) in [5, 5.41) is 6.95. The summed E-state index contributed by atoms with van der Waals surface area (Å²) >= 11 is 0. The number of amides is 2. The average molecular weight is 453 g/mol. The minimum absolute atomic E-state index is 0.150. The zero-order valence-corrected chi connectivity index (χ0v) is 19.2. The molecule has 0 aliphatic carbocycles. The van der Waals surface area contributed by atoms with Gasteiger partial charge in [-0.25, -0.2) is 9.78 Å². The topological polar surface area (TPSA) is 106 Å². The maximum Gasteiger partial charge on any atom is 0.321 e. The normalized spacial score (nSPS) is 13.8. The van der Waals surface area contributed by atoms with E-state index in [0.29, 0.717) is 55.1 Å². The lowest BCUT2D eigenvalue weighted by atomic mass is 10.2. The van der Waals surface area contributed by atoms with Gasteiger partial charge in [0.25, 0.3) is 0 Å². The lowest BCUT2D eigenvalue weighted by Crippen LogP contribution is -2.50. The number of carbonyl (C=O) groups is 1. The van der Waals surface area contributed by atoms with E-state index in [0.717, 1.165) is 11.4 Å². The summed E-state index contributed by atoms with van der Waals surface area (Å²) in [7, 11) is 3.14. The van der Waals surface area contributed by atoms with Gasteiger partial charge in [-0.2, -0.15) is 4.98 Å². The van der Waals surface area contributed by atoms with Gasteiger partial charge in [-0.15, -0.1) is 0 Å². The number of ether oxygens (including phenoxy) is 2. The number of urea groups is 1. The molecule has 1 saturated heterocycles. The number of nitrogens with zero attached hydrogens (tertiary/aromatic N) is 5. The highest BCUT2D eigenvalue weighted by Crippen LogP contribution is 2.30. The largest absolute Gasteiger partial charge is 0.493 e. The molecule has 10 heteroatoms. The number of pyridine rings is 1. The molecule has 0 bridgehead atoms. The highest BCUT2D eigenvalue weighted by Gasteiger charge is 2.22.